The summed E-state index contributed by atoms with van der Waals surface area (Å²) in [6, 6.07) is 13.7. The topological polar surface area (TPSA) is 106 Å². The van der Waals surface area contributed by atoms with Crippen LogP contribution >= 0.6 is 0 Å². The van der Waals surface area contributed by atoms with Gasteiger partial charge in [-0.05, 0) is 37.1 Å². The molecule has 11 heteroatoms. The number of anilines is 1. The summed E-state index contributed by atoms with van der Waals surface area (Å²) < 4.78 is 37.2. The van der Waals surface area contributed by atoms with Gasteiger partial charge in [0.15, 0.2) is 0 Å². The molecule has 0 spiro atoms. The van der Waals surface area contributed by atoms with Crippen molar-refractivity contribution in [2.75, 3.05) is 37.3 Å². The van der Waals surface area contributed by atoms with Crippen LogP contribution in [0.3, 0.4) is 0 Å². The molecule has 40 heavy (non-hydrogen) atoms. The van der Waals surface area contributed by atoms with Crippen molar-refractivity contribution in [2.45, 2.75) is 56.7 Å². The van der Waals surface area contributed by atoms with E-state index < -0.39 is 27.6 Å². The first-order valence-electron chi connectivity index (χ1n) is 13.2. The van der Waals surface area contributed by atoms with Crippen molar-refractivity contribution in [2.24, 2.45) is 0 Å². The molecule has 210 valence electrons. The fraction of sp³-hybridized carbons (Fsp3) is 0.448. The molecule has 1 aromatic heterocycles. The van der Waals surface area contributed by atoms with Gasteiger partial charge in [-0.25, -0.2) is 29.8 Å². The van der Waals surface area contributed by atoms with E-state index in [0.29, 0.717) is 37.6 Å². The number of hydrogen-bond acceptors (Lipinski definition) is 8. The van der Waals surface area contributed by atoms with E-state index >= 15 is 0 Å². The van der Waals surface area contributed by atoms with Crippen LogP contribution in [0.5, 0.6) is 0 Å². The molecule has 1 fully saturated rings. The Morgan fingerprint density at radius 2 is 1.90 bits per heavy atom. The fourth-order valence-corrected chi connectivity index (χ4v) is 5.79. The first-order chi connectivity index (χ1) is 18.9. The number of rotatable bonds is 4. The number of hydrogen-bond donors (Lipinski definition) is 0. The normalized spacial score (nSPS) is 19.7. The summed E-state index contributed by atoms with van der Waals surface area (Å²) in [5, 5.41) is 1.94. The van der Waals surface area contributed by atoms with Crippen LogP contribution in [-0.4, -0.2) is 73.5 Å². The minimum absolute atomic E-state index is 0.0849. The van der Waals surface area contributed by atoms with Gasteiger partial charge < -0.3 is 19.2 Å². The number of ether oxygens (including phenoxy) is 2. The van der Waals surface area contributed by atoms with E-state index in [-0.39, 0.29) is 24.4 Å². The van der Waals surface area contributed by atoms with Crippen LogP contribution in [0.4, 0.5) is 10.6 Å². The van der Waals surface area contributed by atoms with E-state index in [0.717, 1.165) is 28.2 Å². The zero-order valence-electron chi connectivity index (χ0n) is 23.1. The van der Waals surface area contributed by atoms with Crippen molar-refractivity contribution < 1.29 is 22.7 Å². The summed E-state index contributed by atoms with van der Waals surface area (Å²) in [6.45, 7) is 14.2. The number of fused-ring (bicyclic) bond motifs is 2. The fourth-order valence-electron chi connectivity index (χ4n) is 5.26. The van der Waals surface area contributed by atoms with Gasteiger partial charge in [-0.1, -0.05) is 42.5 Å². The lowest BCUT2D eigenvalue weighted by Crippen LogP contribution is -2.57. The SMILES string of the molecule is [C-]#[N+]C[C@H]1CN(c2nc(S(C)(=O)=O)nc3c2COC(c2cccc4ccccc24)C3)CCN1C(=O)OC(C)(C)C. The molecule has 0 aliphatic carbocycles. The number of piperazine rings is 1. The Hall–Kier alpha value is -3.75. The Morgan fingerprint density at radius 3 is 2.62 bits per heavy atom. The van der Waals surface area contributed by atoms with Crippen LogP contribution in [-0.2, 0) is 32.3 Å². The molecule has 3 heterocycles. The Bertz CT molecular complexity index is 1590. The molecule has 1 amide bonds. The van der Waals surface area contributed by atoms with E-state index in [9.17, 15) is 13.2 Å². The molecule has 2 atom stereocenters. The van der Waals surface area contributed by atoms with Gasteiger partial charge >= 0.3 is 6.09 Å². The van der Waals surface area contributed by atoms with Crippen LogP contribution in [0, 0.1) is 6.57 Å². The molecule has 2 aromatic carbocycles. The summed E-state index contributed by atoms with van der Waals surface area (Å²) in [5.74, 6) is 0.473. The lowest BCUT2D eigenvalue weighted by atomic mass is 9.94. The maximum Gasteiger partial charge on any atom is 0.410 e. The van der Waals surface area contributed by atoms with Gasteiger partial charge in [0.1, 0.15) is 17.5 Å². The van der Waals surface area contributed by atoms with Crippen molar-refractivity contribution in [3.8, 4) is 0 Å². The Labute approximate surface area is 234 Å². The predicted octanol–water partition coefficient (Wildman–Crippen LogP) is 4.19. The third kappa shape index (κ3) is 5.74. The van der Waals surface area contributed by atoms with Gasteiger partial charge in [0.2, 0.25) is 21.5 Å². The highest BCUT2D eigenvalue weighted by atomic mass is 32.2. The Morgan fingerprint density at radius 1 is 1.15 bits per heavy atom. The highest BCUT2D eigenvalue weighted by molar-refractivity contribution is 7.90. The second-order valence-electron chi connectivity index (χ2n) is 11.2. The number of carbonyl (C=O) groups excluding carboxylic acids is 1. The molecule has 0 saturated carbocycles. The zero-order valence-corrected chi connectivity index (χ0v) is 23.9. The molecule has 5 rings (SSSR count). The van der Waals surface area contributed by atoms with Crippen molar-refractivity contribution in [3.05, 3.63) is 70.7 Å². The van der Waals surface area contributed by atoms with Crippen LogP contribution in [0.2, 0.25) is 0 Å². The molecule has 2 aliphatic rings. The van der Waals surface area contributed by atoms with Crippen molar-refractivity contribution >= 4 is 32.5 Å². The first-order valence-corrected chi connectivity index (χ1v) is 15.1. The minimum Gasteiger partial charge on any atom is -0.444 e. The van der Waals surface area contributed by atoms with Gasteiger partial charge in [-0.3, -0.25) is 4.90 Å². The predicted molar refractivity (Wildman–Crippen MR) is 151 cm³/mol. The van der Waals surface area contributed by atoms with E-state index in [1.165, 1.54) is 0 Å². The third-order valence-corrected chi connectivity index (χ3v) is 7.92. The molecular formula is C29H33N5O5S. The second-order valence-corrected chi connectivity index (χ2v) is 13.1. The maximum absolute atomic E-state index is 12.9. The van der Waals surface area contributed by atoms with Crippen LogP contribution < -0.4 is 4.90 Å². The zero-order chi connectivity index (χ0) is 28.7. The third-order valence-electron chi connectivity index (χ3n) is 7.07. The number of sulfone groups is 1. The highest BCUT2D eigenvalue weighted by Crippen LogP contribution is 2.37. The van der Waals surface area contributed by atoms with E-state index in [4.69, 9.17) is 16.0 Å². The van der Waals surface area contributed by atoms with Gasteiger partial charge in [0.25, 0.3) is 0 Å². The number of nitrogens with zero attached hydrogens (tertiary/aromatic N) is 5. The lowest BCUT2D eigenvalue weighted by molar-refractivity contribution is 0.0151. The quantitative estimate of drug-likeness (QED) is 0.344. The van der Waals surface area contributed by atoms with Crippen molar-refractivity contribution in [1.29, 1.82) is 0 Å². The van der Waals surface area contributed by atoms with E-state index in [1.807, 2.05) is 41.3 Å². The average molecular weight is 564 g/mol. The number of carbonyl (C=O) groups is 1. The Balaban J connectivity index is 1.49. The van der Waals surface area contributed by atoms with E-state index in [2.05, 4.69) is 20.9 Å². The summed E-state index contributed by atoms with van der Waals surface area (Å²) in [7, 11) is -3.71. The second kappa shape index (κ2) is 10.7. The monoisotopic (exact) mass is 563 g/mol. The van der Waals surface area contributed by atoms with Crippen LogP contribution in [0.1, 0.15) is 43.7 Å². The van der Waals surface area contributed by atoms with Crippen LogP contribution in [0.25, 0.3) is 15.6 Å². The lowest BCUT2D eigenvalue weighted by Gasteiger charge is -2.41. The van der Waals surface area contributed by atoms with Crippen molar-refractivity contribution in [3.63, 3.8) is 0 Å². The van der Waals surface area contributed by atoms with Gasteiger partial charge in [-0.2, -0.15) is 0 Å². The average Bonchev–Trinajstić information content (AvgIpc) is 2.90. The molecule has 0 N–H and O–H groups in total. The minimum atomic E-state index is -3.71. The molecule has 2 aliphatic heterocycles. The van der Waals surface area contributed by atoms with Crippen LogP contribution in [0.15, 0.2) is 47.6 Å². The Kier molecular flexibility index (Phi) is 7.42. The standard InChI is InChI=1S/C29H33N5O5S/c1-29(2,3)39-28(35)34-14-13-33(17-20(34)16-30-4)26-23-18-38-25(15-24(23)31-27(32-26)40(5,36)37)22-12-8-10-19-9-6-7-11-21(19)22/h6-12,20,25H,13-18H2,1-3,5H3/t20-,25?/m0/s1. The first kappa shape index (κ1) is 27.8. The van der Waals surface area contributed by atoms with Gasteiger partial charge in [0.05, 0.1) is 18.4 Å². The number of benzene rings is 2. The largest absolute Gasteiger partial charge is 0.444 e. The molecule has 10 nitrogen and oxygen atoms in total. The maximum atomic E-state index is 12.9. The highest BCUT2D eigenvalue weighted by Gasteiger charge is 2.38. The molecule has 1 unspecified atom stereocenters. The smallest absolute Gasteiger partial charge is 0.410 e. The van der Waals surface area contributed by atoms with Gasteiger partial charge in [-0.15, -0.1) is 0 Å². The summed E-state index contributed by atoms with van der Waals surface area (Å²) in [5.41, 5.74) is 1.72. The summed E-state index contributed by atoms with van der Waals surface area (Å²) >= 11 is 0. The molecular weight excluding hydrogens is 530 g/mol. The van der Waals surface area contributed by atoms with Gasteiger partial charge in [0, 0.05) is 37.9 Å². The molecule has 1 saturated heterocycles. The molecule has 3 aromatic rings. The van der Waals surface area contributed by atoms with E-state index in [1.54, 1.807) is 25.7 Å². The molecule has 0 radical (unpaired) electrons. The number of amides is 1. The number of aromatic nitrogens is 2. The summed E-state index contributed by atoms with van der Waals surface area (Å²) in [4.78, 5) is 28.9. The summed E-state index contributed by atoms with van der Waals surface area (Å²) in [6.07, 6.45) is 0.726. The molecule has 0 bridgehead atoms. The van der Waals surface area contributed by atoms with Crippen molar-refractivity contribution in [1.82, 2.24) is 14.9 Å².